The summed E-state index contributed by atoms with van der Waals surface area (Å²) in [5.74, 6) is 0.279. The predicted octanol–water partition coefficient (Wildman–Crippen LogP) is -0.258. The smallest absolute Gasteiger partial charge is 0.230 e. The summed E-state index contributed by atoms with van der Waals surface area (Å²) in [5.41, 5.74) is 0. The largest absolute Gasteiger partial charge is 0.340 e. The van der Waals surface area contributed by atoms with Crippen molar-refractivity contribution in [2.45, 2.75) is 19.0 Å². The van der Waals surface area contributed by atoms with E-state index in [0.717, 1.165) is 19.4 Å². The minimum Gasteiger partial charge on any atom is -0.340 e. The van der Waals surface area contributed by atoms with Crippen molar-refractivity contribution >= 4 is 18.5 Å². The minimum atomic E-state index is 0.00253. The fraction of sp³-hybridized carbons (Fsp3) is 0.833. The maximum Gasteiger partial charge on any atom is 0.230 e. The van der Waals surface area contributed by atoms with Crippen molar-refractivity contribution in [1.82, 2.24) is 10.6 Å². The molecule has 1 rings (SSSR count). The van der Waals surface area contributed by atoms with Gasteiger partial charge in [-0.1, -0.05) is 0 Å². The first-order chi connectivity index (χ1) is 4.83. The van der Waals surface area contributed by atoms with Crippen LogP contribution in [0.5, 0.6) is 0 Å². The van der Waals surface area contributed by atoms with Gasteiger partial charge in [-0.2, -0.15) is 12.6 Å². The highest BCUT2D eigenvalue weighted by atomic mass is 32.1. The van der Waals surface area contributed by atoms with Gasteiger partial charge in [-0.15, -0.1) is 0 Å². The molecule has 0 aromatic heterocycles. The first-order valence-corrected chi connectivity index (χ1v) is 4.10. The molecule has 0 spiro atoms. The Bertz CT molecular complexity index is 123. The Morgan fingerprint density at radius 2 is 2.60 bits per heavy atom. The van der Waals surface area contributed by atoms with Gasteiger partial charge in [0.2, 0.25) is 5.91 Å². The summed E-state index contributed by atoms with van der Waals surface area (Å²) >= 11 is 3.85. The van der Waals surface area contributed by atoms with Crippen LogP contribution in [0, 0.1) is 0 Å². The number of carbonyl (C=O) groups is 1. The van der Waals surface area contributed by atoms with E-state index in [4.69, 9.17) is 0 Å². The van der Waals surface area contributed by atoms with Crippen LogP contribution in [0.15, 0.2) is 0 Å². The molecule has 1 aliphatic rings. The molecule has 1 saturated heterocycles. The fourth-order valence-corrected chi connectivity index (χ4v) is 1.14. The number of hydrogen-bond donors (Lipinski definition) is 3. The maximum absolute atomic E-state index is 10.7. The average molecular weight is 160 g/mol. The number of rotatable bonds is 2. The van der Waals surface area contributed by atoms with Crippen LogP contribution in [0.1, 0.15) is 12.8 Å². The van der Waals surface area contributed by atoms with E-state index in [-0.39, 0.29) is 17.8 Å². The number of thiol groups is 1. The molecule has 0 aromatic carbocycles. The van der Waals surface area contributed by atoms with E-state index in [1.165, 1.54) is 0 Å². The van der Waals surface area contributed by atoms with Crippen LogP contribution in [-0.4, -0.2) is 24.4 Å². The van der Waals surface area contributed by atoms with Crippen LogP contribution in [0.25, 0.3) is 0 Å². The summed E-state index contributed by atoms with van der Waals surface area (Å²) in [6.45, 7) is 1.01. The van der Waals surface area contributed by atoms with Gasteiger partial charge >= 0.3 is 0 Å². The van der Waals surface area contributed by atoms with Crippen LogP contribution in [0.4, 0.5) is 0 Å². The highest BCUT2D eigenvalue weighted by Gasteiger charge is 2.14. The Labute approximate surface area is 66.0 Å². The van der Waals surface area contributed by atoms with Crippen LogP contribution >= 0.6 is 12.6 Å². The number of hydrogen-bond acceptors (Lipinski definition) is 3. The molecule has 0 aliphatic carbocycles. The average Bonchev–Trinajstić information content (AvgIpc) is 2.40. The quantitative estimate of drug-likeness (QED) is 0.487. The zero-order chi connectivity index (χ0) is 7.40. The van der Waals surface area contributed by atoms with Crippen LogP contribution in [-0.2, 0) is 4.79 Å². The lowest BCUT2D eigenvalue weighted by Gasteiger charge is -2.10. The molecule has 0 radical (unpaired) electrons. The van der Waals surface area contributed by atoms with E-state index in [1.54, 1.807) is 0 Å². The van der Waals surface area contributed by atoms with Gasteiger partial charge in [0, 0.05) is 0 Å². The van der Waals surface area contributed by atoms with Crippen molar-refractivity contribution in [3.05, 3.63) is 0 Å². The Morgan fingerprint density at radius 3 is 3.10 bits per heavy atom. The highest BCUT2D eigenvalue weighted by molar-refractivity contribution is 7.81. The van der Waals surface area contributed by atoms with E-state index in [2.05, 4.69) is 23.3 Å². The van der Waals surface area contributed by atoms with Crippen molar-refractivity contribution in [2.75, 3.05) is 12.3 Å². The van der Waals surface area contributed by atoms with Crippen molar-refractivity contribution in [2.24, 2.45) is 0 Å². The summed E-state index contributed by atoms with van der Waals surface area (Å²) in [6.07, 6.45) is 2.39. The van der Waals surface area contributed by atoms with E-state index in [9.17, 15) is 4.79 Å². The first kappa shape index (κ1) is 7.88. The molecule has 1 amide bonds. The van der Waals surface area contributed by atoms with Gasteiger partial charge in [-0.05, 0) is 19.4 Å². The molecule has 1 atom stereocenters. The van der Waals surface area contributed by atoms with E-state index < -0.39 is 0 Å². The summed E-state index contributed by atoms with van der Waals surface area (Å²) in [7, 11) is 0. The Morgan fingerprint density at radius 1 is 1.80 bits per heavy atom. The molecule has 2 N–H and O–H groups in total. The monoisotopic (exact) mass is 160 g/mol. The number of amides is 1. The topological polar surface area (TPSA) is 41.1 Å². The summed E-state index contributed by atoms with van der Waals surface area (Å²) in [6, 6.07) is 0. The molecule has 0 bridgehead atoms. The zero-order valence-corrected chi connectivity index (χ0v) is 6.66. The molecular weight excluding hydrogens is 148 g/mol. The van der Waals surface area contributed by atoms with Crippen molar-refractivity contribution in [1.29, 1.82) is 0 Å². The van der Waals surface area contributed by atoms with Gasteiger partial charge in [0.15, 0.2) is 0 Å². The Balaban J connectivity index is 2.17. The molecule has 4 heteroatoms. The molecule has 1 heterocycles. The van der Waals surface area contributed by atoms with Crippen LogP contribution < -0.4 is 10.6 Å². The van der Waals surface area contributed by atoms with Gasteiger partial charge in [0.05, 0.1) is 11.9 Å². The molecule has 1 aliphatic heterocycles. The van der Waals surface area contributed by atoms with E-state index >= 15 is 0 Å². The second-order valence-corrected chi connectivity index (χ2v) is 2.69. The second-order valence-electron chi connectivity index (χ2n) is 2.37. The van der Waals surface area contributed by atoms with Gasteiger partial charge in [0.1, 0.15) is 0 Å². The number of nitrogens with one attached hydrogen (secondary N) is 2. The summed E-state index contributed by atoms with van der Waals surface area (Å²) in [4.78, 5) is 10.7. The highest BCUT2D eigenvalue weighted by Crippen LogP contribution is 2.00. The zero-order valence-electron chi connectivity index (χ0n) is 5.76. The molecule has 10 heavy (non-hydrogen) atoms. The SMILES string of the molecule is O=C(CS)NC1CCCN1. The van der Waals surface area contributed by atoms with E-state index in [1.807, 2.05) is 0 Å². The van der Waals surface area contributed by atoms with Crippen molar-refractivity contribution < 1.29 is 4.79 Å². The molecule has 1 fully saturated rings. The molecular formula is C6H12N2OS. The fourth-order valence-electron chi connectivity index (χ4n) is 1.05. The molecule has 0 saturated carbocycles. The summed E-state index contributed by atoms with van der Waals surface area (Å²) in [5, 5.41) is 5.96. The van der Waals surface area contributed by atoms with Gasteiger partial charge in [0.25, 0.3) is 0 Å². The third-order valence-electron chi connectivity index (χ3n) is 1.54. The van der Waals surface area contributed by atoms with Gasteiger partial charge < -0.3 is 5.32 Å². The lowest BCUT2D eigenvalue weighted by molar-refractivity contribution is -0.119. The van der Waals surface area contributed by atoms with Gasteiger partial charge in [-0.25, -0.2) is 0 Å². The lowest BCUT2D eigenvalue weighted by Crippen LogP contribution is -2.41. The maximum atomic E-state index is 10.7. The molecule has 0 aromatic rings. The Kier molecular flexibility index (Phi) is 3.02. The van der Waals surface area contributed by atoms with Gasteiger partial charge in [-0.3, -0.25) is 10.1 Å². The standard InChI is InChI=1S/C6H12N2OS/c9-6(4-10)8-5-2-1-3-7-5/h5,7,10H,1-4H2,(H,8,9). The number of carbonyl (C=O) groups excluding carboxylic acids is 1. The normalized spacial score (nSPS) is 24.7. The van der Waals surface area contributed by atoms with Crippen LogP contribution in [0.2, 0.25) is 0 Å². The second kappa shape index (κ2) is 3.83. The third kappa shape index (κ3) is 2.19. The molecule has 58 valence electrons. The third-order valence-corrected chi connectivity index (χ3v) is 1.83. The summed E-state index contributed by atoms with van der Waals surface area (Å²) < 4.78 is 0. The molecule has 1 unspecified atom stereocenters. The van der Waals surface area contributed by atoms with E-state index in [0.29, 0.717) is 0 Å². The van der Waals surface area contributed by atoms with Crippen molar-refractivity contribution in [3.63, 3.8) is 0 Å². The Hall–Kier alpha value is -0.220. The lowest BCUT2D eigenvalue weighted by atomic mass is 10.3. The minimum absolute atomic E-state index is 0.00253. The molecule has 3 nitrogen and oxygen atoms in total. The van der Waals surface area contributed by atoms with Crippen molar-refractivity contribution in [3.8, 4) is 0 Å². The predicted molar refractivity (Wildman–Crippen MR) is 43.0 cm³/mol. The first-order valence-electron chi connectivity index (χ1n) is 3.46. The van der Waals surface area contributed by atoms with Crippen LogP contribution in [0.3, 0.4) is 0 Å².